The molecule has 1 rings (SSSR count). The fourth-order valence-electron chi connectivity index (χ4n) is 0.865. The van der Waals surface area contributed by atoms with Crippen LogP contribution in [0.4, 0.5) is 5.69 Å². The van der Waals surface area contributed by atoms with Crippen LogP contribution in [0.5, 0.6) is 5.75 Å². The Balaban J connectivity index is 2.81. The summed E-state index contributed by atoms with van der Waals surface area (Å²) in [6, 6.07) is 5.12. The van der Waals surface area contributed by atoms with Crippen molar-refractivity contribution in [3.8, 4) is 5.75 Å². The molecule has 0 aliphatic heterocycles. The Labute approximate surface area is 86.7 Å². The van der Waals surface area contributed by atoms with Gasteiger partial charge in [0.15, 0.2) is 0 Å². The van der Waals surface area contributed by atoms with Gasteiger partial charge in [-0.2, -0.15) is 0 Å². The number of guanidine groups is 1. The van der Waals surface area contributed by atoms with E-state index < -0.39 is 0 Å². The largest absolute Gasteiger partial charge is 0.495 e. The monoisotopic (exact) mass is 214 g/mol. The van der Waals surface area contributed by atoms with Crippen LogP contribution in [0.15, 0.2) is 23.3 Å². The van der Waals surface area contributed by atoms with E-state index in [-0.39, 0.29) is 5.96 Å². The predicted octanol–water partition coefficient (Wildman–Crippen LogP) is 0.949. The van der Waals surface area contributed by atoms with Crippen LogP contribution in [0.25, 0.3) is 0 Å². The standard InChI is InChI=1S/C8H11ClN4O/c1-14-7-3-2-5(4-6(7)9)12-13-8(10)11/h2-4,12H,1H3,(H4,10,11,13). The molecule has 76 valence electrons. The van der Waals surface area contributed by atoms with E-state index in [2.05, 4.69) is 10.5 Å². The molecule has 14 heavy (non-hydrogen) atoms. The first kappa shape index (κ1) is 10.5. The zero-order valence-corrected chi connectivity index (χ0v) is 8.38. The summed E-state index contributed by atoms with van der Waals surface area (Å²) in [7, 11) is 1.55. The fourth-order valence-corrected chi connectivity index (χ4v) is 1.12. The minimum Gasteiger partial charge on any atom is -0.495 e. The van der Waals surface area contributed by atoms with Crippen LogP contribution >= 0.6 is 11.6 Å². The van der Waals surface area contributed by atoms with Gasteiger partial charge in [-0.1, -0.05) is 11.6 Å². The number of hydrazone groups is 1. The molecule has 0 atom stereocenters. The molecule has 0 radical (unpaired) electrons. The third-order valence-corrected chi connectivity index (χ3v) is 1.76. The molecule has 5 N–H and O–H groups in total. The van der Waals surface area contributed by atoms with Crippen LogP contribution in [-0.4, -0.2) is 13.1 Å². The molecular formula is C8H11ClN4O. The Hall–Kier alpha value is -1.62. The van der Waals surface area contributed by atoms with Gasteiger partial charge in [-0.3, -0.25) is 5.43 Å². The van der Waals surface area contributed by atoms with Gasteiger partial charge in [0.05, 0.1) is 17.8 Å². The summed E-state index contributed by atoms with van der Waals surface area (Å²) >= 11 is 5.87. The molecule has 0 amide bonds. The van der Waals surface area contributed by atoms with Crippen molar-refractivity contribution >= 4 is 23.2 Å². The average Bonchev–Trinajstić information content (AvgIpc) is 2.15. The van der Waals surface area contributed by atoms with E-state index >= 15 is 0 Å². The summed E-state index contributed by atoms with van der Waals surface area (Å²) in [5, 5.41) is 4.10. The van der Waals surface area contributed by atoms with Crippen LogP contribution in [0.2, 0.25) is 5.02 Å². The van der Waals surface area contributed by atoms with E-state index in [1.54, 1.807) is 25.3 Å². The summed E-state index contributed by atoms with van der Waals surface area (Å²) in [6.07, 6.45) is 0. The van der Waals surface area contributed by atoms with E-state index in [1.807, 2.05) is 0 Å². The number of benzene rings is 1. The molecular weight excluding hydrogens is 204 g/mol. The minimum atomic E-state index is -0.0445. The first-order valence-electron chi connectivity index (χ1n) is 3.81. The molecule has 0 saturated carbocycles. The Morgan fingerprint density at radius 3 is 2.71 bits per heavy atom. The minimum absolute atomic E-state index is 0.0445. The predicted molar refractivity (Wildman–Crippen MR) is 57.4 cm³/mol. The lowest BCUT2D eigenvalue weighted by Gasteiger charge is -2.05. The highest BCUT2D eigenvalue weighted by Crippen LogP contribution is 2.26. The zero-order valence-electron chi connectivity index (χ0n) is 7.62. The molecule has 0 unspecified atom stereocenters. The third kappa shape index (κ3) is 2.70. The molecule has 0 spiro atoms. The van der Waals surface area contributed by atoms with Gasteiger partial charge in [-0.05, 0) is 18.2 Å². The number of nitrogens with one attached hydrogen (secondary N) is 1. The second kappa shape index (κ2) is 4.57. The Bertz CT molecular complexity index is 349. The lowest BCUT2D eigenvalue weighted by Crippen LogP contribution is -2.23. The smallest absolute Gasteiger partial charge is 0.208 e. The van der Waals surface area contributed by atoms with Crippen molar-refractivity contribution in [2.24, 2.45) is 16.6 Å². The quantitative estimate of drug-likeness (QED) is 0.397. The molecule has 1 aromatic carbocycles. The van der Waals surface area contributed by atoms with Crippen molar-refractivity contribution < 1.29 is 4.74 Å². The number of nitrogens with two attached hydrogens (primary N) is 2. The number of rotatable bonds is 3. The molecule has 0 aromatic heterocycles. The van der Waals surface area contributed by atoms with Crippen molar-refractivity contribution in [1.82, 2.24) is 0 Å². The number of ether oxygens (including phenoxy) is 1. The van der Waals surface area contributed by atoms with Gasteiger partial charge in [0.25, 0.3) is 0 Å². The normalized spacial score (nSPS) is 9.29. The Morgan fingerprint density at radius 1 is 1.50 bits per heavy atom. The maximum Gasteiger partial charge on any atom is 0.208 e. The second-order valence-electron chi connectivity index (χ2n) is 2.50. The summed E-state index contributed by atoms with van der Waals surface area (Å²) in [6.45, 7) is 0. The highest BCUT2D eigenvalue weighted by atomic mass is 35.5. The van der Waals surface area contributed by atoms with E-state index in [1.165, 1.54) is 0 Å². The highest BCUT2D eigenvalue weighted by molar-refractivity contribution is 6.32. The van der Waals surface area contributed by atoms with E-state index in [4.69, 9.17) is 27.8 Å². The first-order valence-corrected chi connectivity index (χ1v) is 4.19. The average molecular weight is 215 g/mol. The lowest BCUT2D eigenvalue weighted by atomic mass is 10.3. The fraction of sp³-hybridized carbons (Fsp3) is 0.125. The number of anilines is 1. The van der Waals surface area contributed by atoms with Gasteiger partial charge in [0.2, 0.25) is 5.96 Å². The second-order valence-corrected chi connectivity index (χ2v) is 2.90. The number of halogens is 1. The zero-order chi connectivity index (χ0) is 10.6. The molecule has 1 aromatic rings. The Kier molecular flexibility index (Phi) is 3.41. The molecule has 0 heterocycles. The molecule has 0 aliphatic carbocycles. The van der Waals surface area contributed by atoms with Crippen molar-refractivity contribution in [3.63, 3.8) is 0 Å². The van der Waals surface area contributed by atoms with Crippen LogP contribution in [0, 0.1) is 0 Å². The molecule has 6 heteroatoms. The van der Waals surface area contributed by atoms with Crippen molar-refractivity contribution in [3.05, 3.63) is 23.2 Å². The molecule has 5 nitrogen and oxygen atoms in total. The molecule has 0 fully saturated rings. The van der Waals surface area contributed by atoms with Gasteiger partial charge in [-0.15, -0.1) is 5.10 Å². The van der Waals surface area contributed by atoms with E-state index in [9.17, 15) is 0 Å². The lowest BCUT2D eigenvalue weighted by molar-refractivity contribution is 0.415. The highest BCUT2D eigenvalue weighted by Gasteiger charge is 2.00. The number of methoxy groups -OCH3 is 1. The number of nitrogens with zero attached hydrogens (tertiary/aromatic N) is 1. The molecule has 0 bridgehead atoms. The van der Waals surface area contributed by atoms with Crippen LogP contribution in [-0.2, 0) is 0 Å². The number of hydrogen-bond donors (Lipinski definition) is 3. The van der Waals surface area contributed by atoms with E-state index in [0.717, 1.165) is 0 Å². The summed E-state index contributed by atoms with van der Waals surface area (Å²) < 4.78 is 4.98. The maximum absolute atomic E-state index is 5.87. The van der Waals surface area contributed by atoms with Gasteiger partial charge < -0.3 is 16.2 Å². The van der Waals surface area contributed by atoms with Gasteiger partial charge in [-0.25, -0.2) is 0 Å². The topological polar surface area (TPSA) is 85.7 Å². The van der Waals surface area contributed by atoms with Crippen molar-refractivity contribution in [2.75, 3.05) is 12.5 Å². The summed E-state index contributed by atoms with van der Waals surface area (Å²) in [5.41, 5.74) is 13.6. The first-order chi connectivity index (χ1) is 6.63. The SMILES string of the molecule is COc1ccc(NN=C(N)N)cc1Cl. The number of hydrogen-bond acceptors (Lipinski definition) is 3. The third-order valence-electron chi connectivity index (χ3n) is 1.47. The molecule has 0 aliphatic rings. The van der Waals surface area contributed by atoms with E-state index in [0.29, 0.717) is 16.5 Å². The van der Waals surface area contributed by atoms with Crippen molar-refractivity contribution in [1.29, 1.82) is 0 Å². The van der Waals surface area contributed by atoms with Gasteiger partial charge in [0, 0.05) is 0 Å². The Morgan fingerprint density at radius 2 is 2.21 bits per heavy atom. The van der Waals surface area contributed by atoms with Crippen LogP contribution in [0.1, 0.15) is 0 Å². The maximum atomic E-state index is 5.87. The molecule has 0 saturated heterocycles. The van der Waals surface area contributed by atoms with Gasteiger partial charge in [0.1, 0.15) is 5.75 Å². The van der Waals surface area contributed by atoms with Crippen LogP contribution in [0.3, 0.4) is 0 Å². The van der Waals surface area contributed by atoms with Gasteiger partial charge >= 0.3 is 0 Å². The summed E-state index contributed by atoms with van der Waals surface area (Å²) in [4.78, 5) is 0. The van der Waals surface area contributed by atoms with Crippen molar-refractivity contribution in [2.45, 2.75) is 0 Å². The van der Waals surface area contributed by atoms with Crippen LogP contribution < -0.4 is 21.6 Å². The summed E-state index contributed by atoms with van der Waals surface area (Å²) in [5.74, 6) is 0.554.